The Kier molecular flexibility index (Phi) is 4.11. The molecule has 0 radical (unpaired) electrons. The number of carbonyl (C=O) groups is 1. The Bertz CT molecular complexity index is 448. The molecule has 1 aromatic rings. The van der Waals surface area contributed by atoms with E-state index in [1.54, 1.807) is 19.9 Å². The zero-order valence-electron chi connectivity index (χ0n) is 11.4. The van der Waals surface area contributed by atoms with Crippen molar-refractivity contribution in [3.05, 3.63) is 11.9 Å². The molecule has 0 aliphatic rings. The molecule has 0 aliphatic carbocycles. The van der Waals surface area contributed by atoms with Crippen LogP contribution in [0, 0.1) is 12.8 Å². The van der Waals surface area contributed by atoms with E-state index in [1.165, 1.54) is 7.11 Å². The third-order valence-electron chi connectivity index (χ3n) is 3.08. The molecule has 1 amide bonds. The minimum atomic E-state index is -0.869. The third-order valence-corrected chi connectivity index (χ3v) is 3.08. The van der Waals surface area contributed by atoms with Crippen molar-refractivity contribution in [1.29, 1.82) is 0 Å². The zero-order valence-corrected chi connectivity index (χ0v) is 11.4. The van der Waals surface area contributed by atoms with E-state index in [2.05, 4.69) is 15.3 Å². The number of anilines is 1. The number of methoxy groups -OCH3 is 1. The first-order chi connectivity index (χ1) is 8.29. The van der Waals surface area contributed by atoms with E-state index in [0.29, 0.717) is 17.5 Å². The van der Waals surface area contributed by atoms with E-state index in [1.807, 2.05) is 13.8 Å². The van der Waals surface area contributed by atoms with Gasteiger partial charge in [-0.15, -0.1) is 0 Å². The van der Waals surface area contributed by atoms with Gasteiger partial charge in [-0.2, -0.15) is 4.98 Å². The Hall–Kier alpha value is -1.85. The van der Waals surface area contributed by atoms with Crippen LogP contribution < -0.4 is 15.8 Å². The number of aromatic nitrogens is 2. The highest BCUT2D eigenvalue weighted by molar-refractivity contribution is 5.87. The van der Waals surface area contributed by atoms with Crippen LogP contribution in [0.5, 0.6) is 5.88 Å². The second-order valence-corrected chi connectivity index (χ2v) is 4.69. The highest BCUT2D eigenvalue weighted by atomic mass is 16.5. The summed E-state index contributed by atoms with van der Waals surface area (Å²) in [5.74, 6) is 1.13. The van der Waals surface area contributed by atoms with Gasteiger partial charge in [0.25, 0.3) is 0 Å². The molecule has 6 heteroatoms. The summed E-state index contributed by atoms with van der Waals surface area (Å²) in [5.41, 5.74) is 4.58. The summed E-state index contributed by atoms with van der Waals surface area (Å²) in [7, 11) is 1.53. The van der Waals surface area contributed by atoms with Crippen molar-refractivity contribution in [3.63, 3.8) is 0 Å². The lowest BCUT2D eigenvalue weighted by Gasteiger charge is -2.32. The Morgan fingerprint density at radius 1 is 1.50 bits per heavy atom. The molecule has 0 saturated carbocycles. The summed E-state index contributed by atoms with van der Waals surface area (Å²) in [6, 6.07) is 1.64. The van der Waals surface area contributed by atoms with Crippen molar-refractivity contribution in [2.45, 2.75) is 33.2 Å². The maximum atomic E-state index is 11.6. The largest absolute Gasteiger partial charge is 0.481 e. The maximum Gasteiger partial charge on any atom is 0.243 e. The second kappa shape index (κ2) is 5.20. The van der Waals surface area contributed by atoms with Crippen molar-refractivity contribution in [2.75, 3.05) is 12.4 Å². The molecule has 1 aromatic heterocycles. The first kappa shape index (κ1) is 14.2. The number of primary amides is 1. The van der Waals surface area contributed by atoms with Crippen LogP contribution in [0.15, 0.2) is 6.07 Å². The van der Waals surface area contributed by atoms with Crippen molar-refractivity contribution in [1.82, 2.24) is 9.97 Å². The van der Waals surface area contributed by atoms with Crippen molar-refractivity contribution in [3.8, 4) is 5.88 Å². The lowest BCUT2D eigenvalue weighted by molar-refractivity contribution is -0.123. The molecule has 0 bridgehead atoms. The van der Waals surface area contributed by atoms with E-state index < -0.39 is 11.4 Å². The summed E-state index contributed by atoms with van der Waals surface area (Å²) >= 11 is 0. The summed E-state index contributed by atoms with van der Waals surface area (Å²) in [6.07, 6.45) is 0. The number of nitrogens with zero attached hydrogens (tertiary/aromatic N) is 2. The van der Waals surface area contributed by atoms with Gasteiger partial charge in [0.1, 0.15) is 17.2 Å². The number of hydrogen-bond donors (Lipinski definition) is 2. The Balaban J connectivity index is 3.08. The molecule has 0 aliphatic heterocycles. The lowest BCUT2D eigenvalue weighted by Crippen LogP contribution is -2.52. The number of amides is 1. The zero-order chi connectivity index (χ0) is 13.9. The van der Waals surface area contributed by atoms with Crippen LogP contribution in [-0.2, 0) is 4.79 Å². The fraction of sp³-hybridized carbons (Fsp3) is 0.583. The minimum absolute atomic E-state index is 0.0243. The van der Waals surface area contributed by atoms with E-state index in [4.69, 9.17) is 10.5 Å². The third kappa shape index (κ3) is 2.88. The number of rotatable bonds is 5. The fourth-order valence-corrected chi connectivity index (χ4v) is 1.47. The molecular weight excluding hydrogens is 232 g/mol. The average molecular weight is 252 g/mol. The van der Waals surface area contributed by atoms with Gasteiger partial charge in [-0.1, -0.05) is 13.8 Å². The molecular formula is C12H20N4O2. The summed E-state index contributed by atoms with van der Waals surface area (Å²) in [4.78, 5) is 19.9. The quantitative estimate of drug-likeness (QED) is 0.819. The van der Waals surface area contributed by atoms with Gasteiger partial charge in [0.2, 0.25) is 11.8 Å². The van der Waals surface area contributed by atoms with Crippen molar-refractivity contribution < 1.29 is 9.53 Å². The van der Waals surface area contributed by atoms with Gasteiger partial charge in [-0.05, 0) is 19.8 Å². The van der Waals surface area contributed by atoms with E-state index in [0.717, 1.165) is 0 Å². The first-order valence-corrected chi connectivity index (χ1v) is 5.77. The minimum Gasteiger partial charge on any atom is -0.481 e. The SMILES string of the molecule is COc1cc(NC(C)(C(N)=O)C(C)C)nc(C)n1. The van der Waals surface area contributed by atoms with E-state index >= 15 is 0 Å². The molecule has 0 spiro atoms. The van der Waals surface area contributed by atoms with Gasteiger partial charge in [-0.25, -0.2) is 4.98 Å². The average Bonchev–Trinajstić information content (AvgIpc) is 2.27. The predicted octanol–water partition coefficient (Wildman–Crippen LogP) is 1.11. The van der Waals surface area contributed by atoms with Crippen LogP contribution in [-0.4, -0.2) is 28.5 Å². The number of carbonyl (C=O) groups excluding carboxylic acids is 1. The van der Waals surface area contributed by atoms with Gasteiger partial charge < -0.3 is 15.8 Å². The normalized spacial score (nSPS) is 14.1. The van der Waals surface area contributed by atoms with Crippen LogP contribution in [0.2, 0.25) is 0 Å². The molecule has 6 nitrogen and oxygen atoms in total. The Morgan fingerprint density at radius 2 is 2.11 bits per heavy atom. The van der Waals surface area contributed by atoms with Crippen LogP contribution in [0.3, 0.4) is 0 Å². The predicted molar refractivity (Wildman–Crippen MR) is 69.4 cm³/mol. The fourth-order valence-electron chi connectivity index (χ4n) is 1.47. The van der Waals surface area contributed by atoms with Gasteiger partial charge in [0.15, 0.2) is 0 Å². The molecule has 100 valence electrons. The van der Waals surface area contributed by atoms with Crippen LogP contribution in [0.1, 0.15) is 26.6 Å². The number of aryl methyl sites for hydroxylation is 1. The van der Waals surface area contributed by atoms with Crippen LogP contribution in [0.25, 0.3) is 0 Å². The standard InChI is InChI=1S/C12H20N4O2/c1-7(2)12(4,11(13)17)16-9-6-10(18-5)15-8(3)14-9/h6-7H,1-5H3,(H2,13,17)(H,14,15,16). The number of ether oxygens (including phenoxy) is 1. The number of hydrogen-bond acceptors (Lipinski definition) is 5. The molecule has 0 aromatic carbocycles. The van der Waals surface area contributed by atoms with Crippen molar-refractivity contribution in [2.24, 2.45) is 11.7 Å². The first-order valence-electron chi connectivity index (χ1n) is 5.77. The molecule has 0 fully saturated rings. The molecule has 1 rings (SSSR count). The van der Waals surface area contributed by atoms with Crippen molar-refractivity contribution >= 4 is 11.7 Å². The topological polar surface area (TPSA) is 90.1 Å². The molecule has 1 unspecified atom stereocenters. The summed E-state index contributed by atoms with van der Waals surface area (Å²) in [6.45, 7) is 7.35. The molecule has 1 atom stereocenters. The smallest absolute Gasteiger partial charge is 0.243 e. The second-order valence-electron chi connectivity index (χ2n) is 4.69. The summed E-state index contributed by atoms with van der Waals surface area (Å²) < 4.78 is 5.06. The highest BCUT2D eigenvalue weighted by Gasteiger charge is 2.35. The van der Waals surface area contributed by atoms with Crippen LogP contribution >= 0.6 is 0 Å². The number of nitrogens with two attached hydrogens (primary N) is 1. The molecule has 3 N–H and O–H groups in total. The summed E-state index contributed by atoms with van der Waals surface area (Å²) in [5, 5.41) is 3.06. The molecule has 18 heavy (non-hydrogen) atoms. The van der Waals surface area contributed by atoms with E-state index in [-0.39, 0.29) is 5.92 Å². The Labute approximate surface area is 107 Å². The van der Waals surface area contributed by atoms with Gasteiger partial charge in [0, 0.05) is 6.07 Å². The molecule has 0 saturated heterocycles. The van der Waals surface area contributed by atoms with Gasteiger partial charge in [0.05, 0.1) is 7.11 Å². The van der Waals surface area contributed by atoms with Gasteiger partial charge >= 0.3 is 0 Å². The van der Waals surface area contributed by atoms with E-state index in [9.17, 15) is 4.79 Å². The maximum absolute atomic E-state index is 11.6. The molecule has 1 heterocycles. The van der Waals surface area contributed by atoms with Crippen LogP contribution in [0.4, 0.5) is 5.82 Å². The van der Waals surface area contributed by atoms with Gasteiger partial charge in [-0.3, -0.25) is 4.79 Å². The number of nitrogens with one attached hydrogen (secondary N) is 1. The monoisotopic (exact) mass is 252 g/mol. The Morgan fingerprint density at radius 3 is 2.56 bits per heavy atom. The highest BCUT2D eigenvalue weighted by Crippen LogP contribution is 2.23. The lowest BCUT2D eigenvalue weighted by atomic mass is 9.87.